The van der Waals surface area contributed by atoms with Crippen molar-refractivity contribution in [2.45, 2.75) is 38.5 Å². The Hall–Kier alpha value is -1.58. The second-order valence-electron chi connectivity index (χ2n) is 7.26. The molecule has 21 heavy (non-hydrogen) atoms. The van der Waals surface area contributed by atoms with Crippen LogP contribution in [0.25, 0.3) is 0 Å². The van der Waals surface area contributed by atoms with Crippen LogP contribution in [0.1, 0.15) is 38.5 Å². The van der Waals surface area contributed by atoms with E-state index in [2.05, 4.69) is 10.9 Å². The Morgan fingerprint density at radius 2 is 1.62 bits per heavy atom. The summed E-state index contributed by atoms with van der Waals surface area (Å²) in [6.07, 6.45) is 6.99. The van der Waals surface area contributed by atoms with E-state index in [9.17, 15) is 9.18 Å². The highest BCUT2D eigenvalue weighted by molar-refractivity contribution is 5.84. The third kappa shape index (κ3) is 2.21. The number of rotatable bonds is 3. The molecule has 0 radical (unpaired) electrons. The van der Waals surface area contributed by atoms with Crippen LogP contribution in [0, 0.1) is 29.0 Å². The van der Waals surface area contributed by atoms with E-state index in [4.69, 9.17) is 0 Å². The number of para-hydroxylation sites is 1. The fourth-order valence-corrected chi connectivity index (χ4v) is 5.21. The normalized spacial score (nSPS) is 36.5. The van der Waals surface area contributed by atoms with Gasteiger partial charge in [0, 0.05) is 0 Å². The number of hydrogen-bond acceptors (Lipinski definition) is 2. The first-order valence-electron chi connectivity index (χ1n) is 7.96. The fourth-order valence-electron chi connectivity index (χ4n) is 5.21. The molecule has 0 saturated heterocycles. The first kappa shape index (κ1) is 13.1. The molecule has 0 atom stereocenters. The summed E-state index contributed by atoms with van der Waals surface area (Å²) in [5.41, 5.74) is 5.66. The highest BCUT2D eigenvalue weighted by Crippen LogP contribution is 2.60. The van der Waals surface area contributed by atoms with Crippen LogP contribution in [0.5, 0.6) is 0 Å². The van der Waals surface area contributed by atoms with E-state index in [-0.39, 0.29) is 17.1 Å². The Bertz CT molecular complexity index is 536. The van der Waals surface area contributed by atoms with E-state index in [0.29, 0.717) is 5.69 Å². The van der Waals surface area contributed by atoms with Gasteiger partial charge in [-0.25, -0.2) is 4.39 Å². The lowest BCUT2D eigenvalue weighted by Crippen LogP contribution is -2.54. The van der Waals surface area contributed by atoms with Gasteiger partial charge in [0.2, 0.25) is 5.91 Å². The van der Waals surface area contributed by atoms with Crippen LogP contribution < -0.4 is 10.9 Å². The van der Waals surface area contributed by atoms with Crippen LogP contribution in [-0.4, -0.2) is 5.91 Å². The average Bonchev–Trinajstić information content (AvgIpc) is 2.44. The van der Waals surface area contributed by atoms with Gasteiger partial charge in [-0.05, 0) is 68.4 Å². The molecular formula is C17H21FN2O. The lowest BCUT2D eigenvalue weighted by atomic mass is 9.49. The molecule has 1 aromatic rings. The van der Waals surface area contributed by atoms with Crippen LogP contribution in [-0.2, 0) is 4.79 Å². The molecule has 2 N–H and O–H groups in total. The van der Waals surface area contributed by atoms with Gasteiger partial charge in [-0.2, -0.15) is 0 Å². The zero-order chi connectivity index (χ0) is 14.4. The summed E-state index contributed by atoms with van der Waals surface area (Å²) in [6.45, 7) is 0. The van der Waals surface area contributed by atoms with Crippen LogP contribution in [0.3, 0.4) is 0 Å². The molecular weight excluding hydrogens is 267 g/mol. The number of hydrogen-bond donors (Lipinski definition) is 2. The van der Waals surface area contributed by atoms with Gasteiger partial charge in [0.1, 0.15) is 5.82 Å². The molecule has 1 amide bonds. The number of carbonyl (C=O) groups excluding carboxylic acids is 1. The number of halogens is 1. The molecule has 4 heteroatoms. The minimum absolute atomic E-state index is 0.0600. The molecule has 0 aromatic heterocycles. The van der Waals surface area contributed by atoms with Crippen molar-refractivity contribution in [1.82, 2.24) is 5.43 Å². The van der Waals surface area contributed by atoms with Crippen molar-refractivity contribution in [1.29, 1.82) is 0 Å². The Balaban J connectivity index is 1.47. The summed E-state index contributed by atoms with van der Waals surface area (Å²) >= 11 is 0. The molecule has 0 spiro atoms. The molecule has 4 saturated carbocycles. The number of benzene rings is 1. The van der Waals surface area contributed by atoms with Crippen molar-refractivity contribution in [3.8, 4) is 0 Å². The Morgan fingerprint density at radius 1 is 1.05 bits per heavy atom. The summed E-state index contributed by atoms with van der Waals surface area (Å²) in [4.78, 5) is 12.7. The van der Waals surface area contributed by atoms with Crippen LogP contribution >= 0.6 is 0 Å². The van der Waals surface area contributed by atoms with Crippen LogP contribution in [0.2, 0.25) is 0 Å². The average molecular weight is 288 g/mol. The fraction of sp³-hybridized carbons (Fsp3) is 0.588. The smallest absolute Gasteiger partial charge is 0.244 e. The maximum Gasteiger partial charge on any atom is 0.244 e. The summed E-state index contributed by atoms with van der Waals surface area (Å²) in [5, 5.41) is 0. The third-order valence-electron chi connectivity index (χ3n) is 5.70. The van der Waals surface area contributed by atoms with Gasteiger partial charge in [-0.1, -0.05) is 12.1 Å². The highest BCUT2D eigenvalue weighted by atomic mass is 19.1. The predicted molar refractivity (Wildman–Crippen MR) is 78.8 cm³/mol. The number of carbonyl (C=O) groups is 1. The molecule has 0 unspecified atom stereocenters. The molecule has 0 aliphatic heterocycles. The van der Waals surface area contributed by atoms with Gasteiger partial charge in [-0.3, -0.25) is 15.6 Å². The molecule has 4 aliphatic carbocycles. The van der Waals surface area contributed by atoms with Gasteiger partial charge < -0.3 is 0 Å². The molecule has 4 fully saturated rings. The SMILES string of the molecule is O=C(NNc1ccccc1F)C12CC3CC(CC(C3)C1)C2. The number of hydrazine groups is 1. The van der Waals surface area contributed by atoms with Crippen molar-refractivity contribution in [2.24, 2.45) is 23.2 Å². The van der Waals surface area contributed by atoms with Crippen molar-refractivity contribution in [3.05, 3.63) is 30.1 Å². The topological polar surface area (TPSA) is 41.1 Å². The van der Waals surface area contributed by atoms with E-state index in [1.807, 2.05) is 0 Å². The van der Waals surface area contributed by atoms with Gasteiger partial charge >= 0.3 is 0 Å². The molecule has 4 bridgehead atoms. The highest BCUT2D eigenvalue weighted by Gasteiger charge is 2.54. The van der Waals surface area contributed by atoms with Gasteiger partial charge in [0.25, 0.3) is 0 Å². The summed E-state index contributed by atoms with van der Waals surface area (Å²) < 4.78 is 13.6. The lowest BCUT2D eigenvalue weighted by Gasteiger charge is -2.55. The molecule has 112 valence electrons. The summed E-state index contributed by atoms with van der Waals surface area (Å²) in [6, 6.07) is 6.41. The van der Waals surface area contributed by atoms with Gasteiger partial charge in [-0.15, -0.1) is 0 Å². The van der Waals surface area contributed by atoms with Gasteiger partial charge in [0.15, 0.2) is 0 Å². The van der Waals surface area contributed by atoms with Crippen molar-refractivity contribution in [2.75, 3.05) is 5.43 Å². The van der Waals surface area contributed by atoms with Crippen LogP contribution in [0.4, 0.5) is 10.1 Å². The first-order valence-corrected chi connectivity index (χ1v) is 7.96. The molecule has 5 rings (SSSR count). The zero-order valence-corrected chi connectivity index (χ0v) is 12.1. The molecule has 3 nitrogen and oxygen atoms in total. The minimum atomic E-state index is -0.344. The van der Waals surface area contributed by atoms with E-state index >= 15 is 0 Å². The van der Waals surface area contributed by atoms with E-state index in [0.717, 1.165) is 37.0 Å². The van der Waals surface area contributed by atoms with Crippen molar-refractivity contribution in [3.63, 3.8) is 0 Å². The minimum Gasteiger partial charge on any atom is -0.296 e. The third-order valence-corrected chi connectivity index (χ3v) is 5.70. The lowest BCUT2D eigenvalue weighted by molar-refractivity contribution is -0.145. The second kappa shape index (κ2) is 4.72. The Kier molecular flexibility index (Phi) is 2.95. The zero-order valence-electron chi connectivity index (χ0n) is 12.1. The Morgan fingerprint density at radius 3 is 2.19 bits per heavy atom. The van der Waals surface area contributed by atoms with Crippen molar-refractivity contribution < 1.29 is 9.18 Å². The largest absolute Gasteiger partial charge is 0.296 e. The second-order valence-corrected chi connectivity index (χ2v) is 7.26. The predicted octanol–water partition coefficient (Wildman–Crippen LogP) is 3.49. The summed E-state index contributed by atoms with van der Waals surface area (Å²) in [7, 11) is 0. The van der Waals surface area contributed by atoms with Gasteiger partial charge in [0.05, 0.1) is 11.1 Å². The van der Waals surface area contributed by atoms with E-state index < -0.39 is 0 Å². The quantitative estimate of drug-likeness (QED) is 0.836. The molecule has 0 heterocycles. The number of anilines is 1. The van der Waals surface area contributed by atoms with E-state index in [1.165, 1.54) is 25.3 Å². The maximum atomic E-state index is 13.6. The monoisotopic (exact) mass is 288 g/mol. The number of nitrogens with one attached hydrogen (secondary N) is 2. The van der Waals surface area contributed by atoms with Crippen molar-refractivity contribution >= 4 is 11.6 Å². The Labute approximate surface area is 124 Å². The van der Waals surface area contributed by atoms with Crippen LogP contribution in [0.15, 0.2) is 24.3 Å². The molecule has 1 aromatic carbocycles. The molecule has 4 aliphatic rings. The summed E-state index contributed by atoms with van der Waals surface area (Å²) in [5.74, 6) is 1.91. The van der Waals surface area contributed by atoms with E-state index in [1.54, 1.807) is 18.2 Å². The first-order chi connectivity index (χ1) is 10.1. The maximum absolute atomic E-state index is 13.6. The standard InChI is InChI=1S/C17H21FN2O/c18-14-3-1-2-4-15(14)19-20-16(21)17-8-11-5-12(9-17)7-13(6-11)10-17/h1-4,11-13,19H,5-10H2,(H,20,21). The number of amides is 1.